The first-order chi connectivity index (χ1) is 9.49. The van der Waals surface area contributed by atoms with E-state index in [0.717, 1.165) is 0 Å². The van der Waals surface area contributed by atoms with Crippen molar-refractivity contribution in [3.8, 4) is 0 Å². The Hall–Kier alpha value is -2.44. The van der Waals surface area contributed by atoms with Crippen LogP contribution in [0.4, 0.5) is 11.4 Å². The molecule has 102 valence electrons. The topological polar surface area (TPSA) is 83.7 Å². The summed E-state index contributed by atoms with van der Waals surface area (Å²) in [4.78, 5) is 21.9. The molecule has 0 saturated carbocycles. The SMILES string of the molecule is O=C(c1ccc([N+](=O)[O-])cc1)N(O)c1ccc(Cl)cc1. The van der Waals surface area contributed by atoms with Gasteiger partial charge in [0.05, 0.1) is 10.6 Å². The number of non-ortho nitro benzene ring substituents is 1. The van der Waals surface area contributed by atoms with Crippen molar-refractivity contribution in [2.45, 2.75) is 0 Å². The first-order valence-corrected chi connectivity index (χ1v) is 5.90. The van der Waals surface area contributed by atoms with Crippen molar-refractivity contribution >= 4 is 28.9 Å². The Morgan fingerprint density at radius 3 is 2.15 bits per heavy atom. The van der Waals surface area contributed by atoms with E-state index in [4.69, 9.17) is 11.6 Å². The molecule has 0 aliphatic rings. The molecule has 2 rings (SSSR count). The van der Waals surface area contributed by atoms with E-state index in [-0.39, 0.29) is 16.9 Å². The molecule has 7 heteroatoms. The van der Waals surface area contributed by atoms with Gasteiger partial charge in [-0.3, -0.25) is 20.1 Å². The molecule has 1 amide bonds. The number of rotatable bonds is 3. The van der Waals surface area contributed by atoms with Crippen molar-refractivity contribution in [3.63, 3.8) is 0 Å². The van der Waals surface area contributed by atoms with Crippen LogP contribution in [0.15, 0.2) is 48.5 Å². The molecule has 0 radical (unpaired) electrons. The van der Waals surface area contributed by atoms with E-state index in [9.17, 15) is 20.1 Å². The summed E-state index contributed by atoms with van der Waals surface area (Å²) in [6.07, 6.45) is 0. The van der Waals surface area contributed by atoms with E-state index in [1.807, 2.05) is 0 Å². The molecule has 0 aliphatic carbocycles. The largest absolute Gasteiger partial charge is 0.281 e. The number of carbonyl (C=O) groups is 1. The third-order valence-corrected chi connectivity index (χ3v) is 2.84. The van der Waals surface area contributed by atoms with Gasteiger partial charge in [-0.15, -0.1) is 0 Å². The van der Waals surface area contributed by atoms with Crippen LogP contribution in [-0.4, -0.2) is 16.0 Å². The van der Waals surface area contributed by atoms with Crippen molar-refractivity contribution in [2.75, 3.05) is 5.06 Å². The van der Waals surface area contributed by atoms with Gasteiger partial charge in [0.25, 0.3) is 11.6 Å². The molecule has 2 aromatic carbocycles. The lowest BCUT2D eigenvalue weighted by Gasteiger charge is -2.14. The Morgan fingerprint density at radius 1 is 1.10 bits per heavy atom. The van der Waals surface area contributed by atoms with Crippen LogP contribution >= 0.6 is 11.6 Å². The Morgan fingerprint density at radius 2 is 1.65 bits per heavy atom. The highest BCUT2D eigenvalue weighted by molar-refractivity contribution is 6.30. The van der Waals surface area contributed by atoms with Gasteiger partial charge in [-0.25, -0.2) is 0 Å². The van der Waals surface area contributed by atoms with Gasteiger partial charge in [0.15, 0.2) is 0 Å². The predicted octanol–water partition coefficient (Wildman–Crippen LogP) is 3.28. The quantitative estimate of drug-likeness (QED) is 0.534. The van der Waals surface area contributed by atoms with Gasteiger partial charge in [0, 0.05) is 22.7 Å². The number of hydroxylamine groups is 1. The zero-order valence-corrected chi connectivity index (χ0v) is 10.8. The lowest BCUT2D eigenvalue weighted by molar-refractivity contribution is -0.384. The Labute approximate surface area is 118 Å². The monoisotopic (exact) mass is 292 g/mol. The molecule has 0 heterocycles. The van der Waals surface area contributed by atoms with E-state index in [0.29, 0.717) is 10.1 Å². The summed E-state index contributed by atoms with van der Waals surface area (Å²) >= 11 is 5.71. The van der Waals surface area contributed by atoms with Crippen LogP contribution in [0, 0.1) is 10.1 Å². The summed E-state index contributed by atoms with van der Waals surface area (Å²) in [5, 5.41) is 21.3. The molecule has 0 fully saturated rings. The van der Waals surface area contributed by atoms with Crippen molar-refractivity contribution in [2.24, 2.45) is 0 Å². The average molecular weight is 293 g/mol. The summed E-state index contributed by atoms with van der Waals surface area (Å²) in [6.45, 7) is 0. The smallest absolute Gasteiger partial charge is 0.281 e. The van der Waals surface area contributed by atoms with Crippen molar-refractivity contribution in [1.29, 1.82) is 0 Å². The molecular formula is C13H9ClN2O4. The molecule has 0 aliphatic heterocycles. The predicted molar refractivity (Wildman–Crippen MR) is 73.1 cm³/mol. The second-order valence-electron chi connectivity index (χ2n) is 3.90. The Balaban J connectivity index is 2.22. The van der Waals surface area contributed by atoms with E-state index in [1.54, 1.807) is 0 Å². The normalized spacial score (nSPS) is 10.1. The van der Waals surface area contributed by atoms with Crippen LogP contribution in [-0.2, 0) is 0 Å². The van der Waals surface area contributed by atoms with E-state index in [1.165, 1.54) is 48.5 Å². The van der Waals surface area contributed by atoms with Gasteiger partial charge in [-0.05, 0) is 36.4 Å². The van der Waals surface area contributed by atoms with Crippen molar-refractivity contribution in [1.82, 2.24) is 0 Å². The zero-order chi connectivity index (χ0) is 14.7. The third kappa shape index (κ3) is 2.93. The molecule has 0 saturated heterocycles. The van der Waals surface area contributed by atoms with Crippen LogP contribution in [0.3, 0.4) is 0 Å². The van der Waals surface area contributed by atoms with Gasteiger partial charge in [0.2, 0.25) is 0 Å². The second-order valence-corrected chi connectivity index (χ2v) is 4.33. The fraction of sp³-hybridized carbons (Fsp3) is 0. The summed E-state index contributed by atoms with van der Waals surface area (Å²) in [6, 6.07) is 11.0. The third-order valence-electron chi connectivity index (χ3n) is 2.59. The maximum atomic E-state index is 12.0. The first-order valence-electron chi connectivity index (χ1n) is 5.52. The number of benzene rings is 2. The highest BCUT2D eigenvalue weighted by Crippen LogP contribution is 2.19. The van der Waals surface area contributed by atoms with Gasteiger partial charge < -0.3 is 0 Å². The maximum absolute atomic E-state index is 12.0. The lowest BCUT2D eigenvalue weighted by Crippen LogP contribution is -2.26. The van der Waals surface area contributed by atoms with Crippen LogP contribution in [0.5, 0.6) is 0 Å². The molecule has 2 aromatic rings. The molecular weight excluding hydrogens is 284 g/mol. The highest BCUT2D eigenvalue weighted by Gasteiger charge is 2.16. The van der Waals surface area contributed by atoms with Crippen molar-refractivity contribution < 1.29 is 14.9 Å². The number of halogens is 1. The van der Waals surface area contributed by atoms with Gasteiger partial charge in [-0.2, -0.15) is 5.06 Å². The maximum Gasteiger partial charge on any atom is 0.281 e. The Bertz CT molecular complexity index is 640. The molecule has 0 bridgehead atoms. The van der Waals surface area contributed by atoms with Crippen LogP contribution in [0.2, 0.25) is 5.02 Å². The molecule has 0 spiro atoms. The summed E-state index contributed by atoms with van der Waals surface area (Å²) in [5.74, 6) is -0.692. The minimum atomic E-state index is -0.692. The molecule has 20 heavy (non-hydrogen) atoms. The molecule has 6 nitrogen and oxygen atoms in total. The molecule has 1 N–H and O–H groups in total. The van der Waals surface area contributed by atoms with Crippen LogP contribution < -0.4 is 5.06 Å². The minimum Gasteiger partial charge on any atom is -0.281 e. The minimum absolute atomic E-state index is 0.127. The number of nitro benzene ring substituents is 1. The van der Waals surface area contributed by atoms with E-state index < -0.39 is 10.8 Å². The number of hydrogen-bond donors (Lipinski definition) is 1. The number of amides is 1. The van der Waals surface area contributed by atoms with Gasteiger partial charge in [-0.1, -0.05) is 11.6 Å². The molecule has 0 atom stereocenters. The van der Waals surface area contributed by atoms with Gasteiger partial charge >= 0.3 is 0 Å². The standard InChI is InChI=1S/C13H9ClN2O4/c14-10-3-7-11(8-4-10)15(18)13(17)9-1-5-12(6-2-9)16(19)20/h1-8,18H. The number of nitro groups is 1. The molecule has 0 aromatic heterocycles. The van der Waals surface area contributed by atoms with Crippen molar-refractivity contribution in [3.05, 3.63) is 69.2 Å². The fourth-order valence-corrected chi connectivity index (χ4v) is 1.67. The highest BCUT2D eigenvalue weighted by atomic mass is 35.5. The average Bonchev–Trinajstić information content (AvgIpc) is 2.46. The van der Waals surface area contributed by atoms with Gasteiger partial charge in [0.1, 0.15) is 0 Å². The molecule has 0 unspecified atom stereocenters. The number of anilines is 1. The zero-order valence-electron chi connectivity index (χ0n) is 10.1. The summed E-state index contributed by atoms with van der Waals surface area (Å²) in [5.41, 5.74) is 0.253. The van der Waals surface area contributed by atoms with Crippen LogP contribution in [0.25, 0.3) is 0 Å². The summed E-state index contributed by atoms with van der Waals surface area (Å²) in [7, 11) is 0. The Kier molecular flexibility index (Phi) is 3.97. The number of carbonyl (C=O) groups excluding carboxylic acids is 1. The fourth-order valence-electron chi connectivity index (χ4n) is 1.55. The first kappa shape index (κ1) is 14.0. The second kappa shape index (κ2) is 5.68. The number of hydrogen-bond acceptors (Lipinski definition) is 4. The lowest BCUT2D eigenvalue weighted by atomic mass is 10.2. The van der Waals surface area contributed by atoms with E-state index in [2.05, 4.69) is 0 Å². The van der Waals surface area contributed by atoms with Crippen LogP contribution in [0.1, 0.15) is 10.4 Å². The number of nitrogens with zero attached hydrogens (tertiary/aromatic N) is 2. The van der Waals surface area contributed by atoms with E-state index >= 15 is 0 Å². The summed E-state index contributed by atoms with van der Waals surface area (Å²) < 4.78 is 0.